The zero-order valence-corrected chi connectivity index (χ0v) is 8.46. The van der Waals surface area contributed by atoms with E-state index in [1.54, 1.807) is 0 Å². The number of carbonyl (C=O) groups is 1. The number of rotatable bonds is 7. The fourth-order valence-electron chi connectivity index (χ4n) is 1.72. The van der Waals surface area contributed by atoms with Gasteiger partial charge in [0.05, 0.1) is 5.92 Å². The van der Waals surface area contributed by atoms with Crippen molar-refractivity contribution < 1.29 is 9.90 Å². The molecule has 1 aliphatic rings. The number of carbonyl (C=O) groups excluding carboxylic acids is 1. The topological polar surface area (TPSA) is 37.3 Å². The highest BCUT2D eigenvalue weighted by Crippen LogP contribution is 2.30. The van der Waals surface area contributed by atoms with E-state index in [0.29, 0.717) is 0 Å². The van der Waals surface area contributed by atoms with E-state index in [2.05, 4.69) is 6.92 Å². The normalized spacial score (nSPS) is 26.5. The lowest BCUT2D eigenvalue weighted by Gasteiger charge is -1.98. The molecule has 0 aliphatic heterocycles. The highest BCUT2D eigenvalue weighted by atomic mass is 16.3. The second kappa shape index (κ2) is 5.38. The molecule has 76 valence electrons. The summed E-state index contributed by atoms with van der Waals surface area (Å²) in [5, 5.41) is 8.99. The molecule has 2 atom stereocenters. The van der Waals surface area contributed by atoms with Crippen LogP contribution in [-0.4, -0.2) is 17.0 Å². The van der Waals surface area contributed by atoms with E-state index in [1.807, 2.05) is 0 Å². The molecule has 0 amide bonds. The molecular formula is C11H20O2. The second-order valence-electron chi connectivity index (χ2n) is 4.01. The van der Waals surface area contributed by atoms with E-state index in [1.165, 1.54) is 32.1 Å². The first-order valence-corrected chi connectivity index (χ1v) is 5.49. The average Bonchev–Trinajstić information content (AvgIpc) is 2.68. The number of hydrogen-bond acceptors (Lipinski definition) is 2. The Hall–Kier alpha value is -0.370. The number of unbranched alkanes of at least 4 members (excludes halogenated alkanes) is 5. The van der Waals surface area contributed by atoms with Crippen LogP contribution in [0.2, 0.25) is 0 Å². The Balaban J connectivity index is 1.83. The average molecular weight is 184 g/mol. The minimum Gasteiger partial charge on any atom is -0.385 e. The largest absolute Gasteiger partial charge is 0.385 e. The fourth-order valence-corrected chi connectivity index (χ4v) is 1.72. The lowest BCUT2D eigenvalue weighted by Crippen LogP contribution is -1.86. The molecule has 0 spiro atoms. The summed E-state index contributed by atoms with van der Waals surface area (Å²) in [4.78, 5) is 10.7. The Morgan fingerprint density at radius 2 is 1.69 bits per heavy atom. The summed E-state index contributed by atoms with van der Waals surface area (Å²) in [7, 11) is 0. The summed E-state index contributed by atoms with van der Waals surface area (Å²) >= 11 is 0. The van der Waals surface area contributed by atoms with Crippen molar-refractivity contribution >= 4 is 5.78 Å². The quantitative estimate of drug-likeness (QED) is 0.616. The Morgan fingerprint density at radius 3 is 2.23 bits per heavy atom. The molecule has 2 nitrogen and oxygen atoms in total. The van der Waals surface area contributed by atoms with Crippen LogP contribution in [0.3, 0.4) is 0 Å². The minimum atomic E-state index is -0.601. The molecule has 0 saturated heterocycles. The molecule has 1 N–H and O–H groups in total. The molecule has 1 rings (SSSR count). The van der Waals surface area contributed by atoms with Crippen LogP contribution in [0, 0.1) is 5.92 Å². The SMILES string of the molecule is CCCCCCCCC1C(=O)C1O. The van der Waals surface area contributed by atoms with Gasteiger partial charge in [0.1, 0.15) is 6.10 Å². The van der Waals surface area contributed by atoms with E-state index in [9.17, 15) is 4.79 Å². The van der Waals surface area contributed by atoms with Crippen molar-refractivity contribution in [2.24, 2.45) is 5.92 Å². The molecule has 1 fully saturated rings. The van der Waals surface area contributed by atoms with Gasteiger partial charge in [0, 0.05) is 0 Å². The summed E-state index contributed by atoms with van der Waals surface area (Å²) in [6.45, 7) is 2.21. The van der Waals surface area contributed by atoms with Gasteiger partial charge >= 0.3 is 0 Å². The van der Waals surface area contributed by atoms with Crippen LogP contribution in [0.5, 0.6) is 0 Å². The Kier molecular flexibility index (Phi) is 4.43. The van der Waals surface area contributed by atoms with Crippen molar-refractivity contribution in [2.75, 3.05) is 0 Å². The standard InChI is InChI=1S/C11H20O2/c1-2-3-4-5-6-7-8-9-10(12)11(9)13/h9-10,12H,2-8H2,1H3. The Bertz CT molecular complexity index is 165. The number of aliphatic hydroxyl groups excluding tert-OH is 1. The first kappa shape index (κ1) is 10.7. The third kappa shape index (κ3) is 3.47. The first-order chi connectivity index (χ1) is 6.27. The predicted molar refractivity (Wildman–Crippen MR) is 52.5 cm³/mol. The van der Waals surface area contributed by atoms with Gasteiger partial charge in [0.2, 0.25) is 0 Å². The van der Waals surface area contributed by atoms with Crippen LogP contribution in [0.25, 0.3) is 0 Å². The first-order valence-electron chi connectivity index (χ1n) is 5.49. The lowest BCUT2D eigenvalue weighted by molar-refractivity contribution is -0.113. The molecule has 0 aromatic rings. The summed E-state index contributed by atoms with van der Waals surface area (Å²) in [6.07, 6.45) is 7.84. The summed E-state index contributed by atoms with van der Waals surface area (Å²) in [5.74, 6) is 0.0692. The van der Waals surface area contributed by atoms with Gasteiger partial charge < -0.3 is 5.11 Å². The smallest absolute Gasteiger partial charge is 0.168 e. The van der Waals surface area contributed by atoms with Gasteiger partial charge in [0.15, 0.2) is 5.78 Å². The van der Waals surface area contributed by atoms with Crippen LogP contribution >= 0.6 is 0 Å². The van der Waals surface area contributed by atoms with Crippen LogP contribution in [0.1, 0.15) is 51.9 Å². The van der Waals surface area contributed by atoms with Crippen molar-refractivity contribution in [3.63, 3.8) is 0 Å². The molecule has 0 aromatic carbocycles. The number of ketones is 1. The highest BCUT2D eigenvalue weighted by Gasteiger charge is 2.46. The highest BCUT2D eigenvalue weighted by molar-refractivity contribution is 6.01. The Labute approximate surface area is 80.3 Å². The van der Waals surface area contributed by atoms with Gasteiger partial charge in [-0.15, -0.1) is 0 Å². The van der Waals surface area contributed by atoms with E-state index >= 15 is 0 Å². The zero-order valence-electron chi connectivity index (χ0n) is 8.46. The van der Waals surface area contributed by atoms with Gasteiger partial charge in [0.25, 0.3) is 0 Å². The zero-order chi connectivity index (χ0) is 9.68. The van der Waals surface area contributed by atoms with E-state index in [-0.39, 0.29) is 11.7 Å². The van der Waals surface area contributed by atoms with Gasteiger partial charge in [-0.25, -0.2) is 0 Å². The second-order valence-corrected chi connectivity index (χ2v) is 4.01. The van der Waals surface area contributed by atoms with Gasteiger partial charge in [-0.05, 0) is 6.42 Å². The molecule has 1 aliphatic carbocycles. The van der Waals surface area contributed by atoms with Crippen molar-refractivity contribution in [3.05, 3.63) is 0 Å². The van der Waals surface area contributed by atoms with E-state index in [0.717, 1.165) is 12.8 Å². The monoisotopic (exact) mass is 184 g/mol. The van der Waals surface area contributed by atoms with Gasteiger partial charge in [-0.3, -0.25) is 4.79 Å². The minimum absolute atomic E-state index is 0.00572. The van der Waals surface area contributed by atoms with Crippen molar-refractivity contribution in [2.45, 2.75) is 58.0 Å². The predicted octanol–water partition coefficient (Wildman–Crippen LogP) is 2.30. The van der Waals surface area contributed by atoms with Crippen LogP contribution < -0.4 is 0 Å². The third-order valence-electron chi connectivity index (χ3n) is 2.80. The van der Waals surface area contributed by atoms with Crippen LogP contribution in [0.4, 0.5) is 0 Å². The Morgan fingerprint density at radius 1 is 1.15 bits per heavy atom. The molecule has 0 heterocycles. The maximum absolute atomic E-state index is 10.7. The van der Waals surface area contributed by atoms with Crippen LogP contribution in [0.15, 0.2) is 0 Å². The molecule has 13 heavy (non-hydrogen) atoms. The molecule has 0 radical (unpaired) electrons. The van der Waals surface area contributed by atoms with Gasteiger partial charge in [-0.1, -0.05) is 45.4 Å². The maximum atomic E-state index is 10.7. The molecule has 0 bridgehead atoms. The van der Waals surface area contributed by atoms with E-state index < -0.39 is 6.10 Å². The summed E-state index contributed by atoms with van der Waals surface area (Å²) in [5.41, 5.74) is 0. The lowest BCUT2D eigenvalue weighted by atomic mass is 10.1. The number of hydrogen-bond donors (Lipinski definition) is 1. The molecule has 0 aromatic heterocycles. The summed E-state index contributed by atoms with van der Waals surface area (Å²) < 4.78 is 0. The fraction of sp³-hybridized carbons (Fsp3) is 0.909. The molecule has 2 heteroatoms. The summed E-state index contributed by atoms with van der Waals surface area (Å²) in [6, 6.07) is 0. The third-order valence-corrected chi connectivity index (χ3v) is 2.80. The molecule has 1 saturated carbocycles. The molecular weight excluding hydrogens is 164 g/mol. The number of Topliss-reactive ketones (excluding diaryl/α,β-unsaturated/α-hetero) is 1. The number of aliphatic hydroxyl groups is 1. The molecule has 2 unspecified atom stereocenters. The van der Waals surface area contributed by atoms with Crippen molar-refractivity contribution in [1.29, 1.82) is 0 Å². The van der Waals surface area contributed by atoms with Crippen LogP contribution in [-0.2, 0) is 4.79 Å². The van der Waals surface area contributed by atoms with Crippen molar-refractivity contribution in [3.8, 4) is 0 Å². The maximum Gasteiger partial charge on any atom is 0.168 e. The van der Waals surface area contributed by atoms with Gasteiger partial charge in [-0.2, -0.15) is 0 Å². The van der Waals surface area contributed by atoms with E-state index in [4.69, 9.17) is 5.11 Å². The van der Waals surface area contributed by atoms with Crippen molar-refractivity contribution in [1.82, 2.24) is 0 Å².